The fourth-order valence-electron chi connectivity index (χ4n) is 4.19. The van der Waals surface area contributed by atoms with Crippen LogP contribution in [0.25, 0.3) is 0 Å². The van der Waals surface area contributed by atoms with Crippen LogP contribution in [0.1, 0.15) is 29.5 Å². The van der Waals surface area contributed by atoms with Gasteiger partial charge in [0.05, 0.1) is 30.9 Å². The molecule has 2 heterocycles. The summed E-state index contributed by atoms with van der Waals surface area (Å²) >= 11 is 0. The van der Waals surface area contributed by atoms with Gasteiger partial charge >= 0.3 is 6.09 Å². The lowest BCUT2D eigenvalue weighted by atomic mass is 9.77. The number of aryl methyl sites for hydroxylation is 1. The lowest BCUT2D eigenvalue weighted by Gasteiger charge is -2.51. The maximum atomic E-state index is 14.0. The van der Waals surface area contributed by atoms with E-state index in [2.05, 4.69) is 0 Å². The van der Waals surface area contributed by atoms with E-state index < -0.39 is 11.7 Å². The summed E-state index contributed by atoms with van der Waals surface area (Å²) in [6, 6.07) is 13.7. The van der Waals surface area contributed by atoms with Crippen LogP contribution in [0, 0.1) is 12.7 Å². The smallest absolute Gasteiger partial charge is 0.410 e. The van der Waals surface area contributed by atoms with Crippen molar-refractivity contribution in [2.45, 2.75) is 44.1 Å². The van der Waals surface area contributed by atoms with E-state index in [4.69, 9.17) is 9.47 Å². The van der Waals surface area contributed by atoms with Gasteiger partial charge in [0.1, 0.15) is 12.4 Å². The van der Waals surface area contributed by atoms with Gasteiger partial charge in [-0.3, -0.25) is 4.90 Å². The summed E-state index contributed by atoms with van der Waals surface area (Å²) in [6.07, 6.45) is 0.165. The molecule has 2 saturated heterocycles. The monoisotopic (exact) mass is 385 g/mol. The van der Waals surface area contributed by atoms with Crippen molar-refractivity contribution in [3.8, 4) is 0 Å². The molecule has 0 radical (unpaired) electrons. The Kier molecular flexibility index (Phi) is 5.08. The average Bonchev–Trinajstić information content (AvgIpc) is 2.68. The van der Waals surface area contributed by atoms with Gasteiger partial charge in [0.25, 0.3) is 0 Å². The van der Waals surface area contributed by atoms with E-state index >= 15 is 0 Å². The number of nitrogens with zero attached hydrogens (tertiary/aromatic N) is 1. The minimum Gasteiger partial charge on any atom is -0.445 e. The number of halogens is 1. The number of amides is 1. The van der Waals surface area contributed by atoms with Crippen molar-refractivity contribution in [3.05, 3.63) is 71.0 Å². The molecule has 2 atom stereocenters. The Hall–Kier alpha value is -2.44. The number of fused-ring (bicyclic) bond motifs is 2. The number of ether oxygens (including phenoxy) is 2. The third kappa shape index (κ3) is 3.62. The summed E-state index contributed by atoms with van der Waals surface area (Å²) in [7, 11) is 0. The second kappa shape index (κ2) is 7.53. The summed E-state index contributed by atoms with van der Waals surface area (Å²) in [4.78, 5) is 14.4. The first-order valence-corrected chi connectivity index (χ1v) is 9.52. The number of hydrogen-bond acceptors (Lipinski definition) is 4. The molecule has 2 fully saturated rings. The molecule has 5 nitrogen and oxygen atoms in total. The molecule has 2 aromatic carbocycles. The van der Waals surface area contributed by atoms with Gasteiger partial charge in [0.15, 0.2) is 0 Å². The highest BCUT2D eigenvalue weighted by molar-refractivity contribution is 5.69. The van der Waals surface area contributed by atoms with E-state index in [1.54, 1.807) is 24.0 Å². The second-order valence-corrected chi connectivity index (χ2v) is 7.70. The van der Waals surface area contributed by atoms with E-state index in [0.717, 1.165) is 5.56 Å². The van der Waals surface area contributed by atoms with Gasteiger partial charge < -0.3 is 14.6 Å². The highest BCUT2D eigenvalue weighted by Crippen LogP contribution is 2.41. The van der Waals surface area contributed by atoms with E-state index in [1.165, 1.54) is 6.07 Å². The molecule has 0 spiro atoms. The normalized spacial score (nSPS) is 26.8. The zero-order chi connectivity index (χ0) is 19.7. The van der Waals surface area contributed by atoms with Crippen molar-refractivity contribution in [1.82, 2.24) is 4.90 Å². The van der Waals surface area contributed by atoms with Crippen molar-refractivity contribution in [2.75, 3.05) is 13.2 Å². The first-order chi connectivity index (χ1) is 13.5. The SMILES string of the molecule is Cc1ccc(C2(O)CC3COCC(C2)N3C(=O)OCc2ccccc2)cc1F. The Morgan fingerprint density at radius 1 is 1.21 bits per heavy atom. The summed E-state index contributed by atoms with van der Waals surface area (Å²) < 4.78 is 25.2. The standard InChI is InChI=1S/C22H24FNO4/c1-15-7-8-17(9-20(15)23)22(26)10-18-13-27-14-19(11-22)24(18)21(25)28-12-16-5-3-2-4-6-16/h2-9,18-19,26H,10-14H2,1H3. The molecular weight excluding hydrogens is 361 g/mol. The molecule has 2 aliphatic rings. The lowest BCUT2D eigenvalue weighted by Crippen LogP contribution is -2.62. The van der Waals surface area contributed by atoms with Crippen LogP contribution in [0.5, 0.6) is 0 Å². The molecule has 4 rings (SSSR count). The largest absolute Gasteiger partial charge is 0.445 e. The molecular formula is C22H24FNO4. The molecule has 1 N–H and O–H groups in total. The fraction of sp³-hybridized carbons (Fsp3) is 0.409. The molecule has 2 aliphatic heterocycles. The van der Waals surface area contributed by atoms with Crippen LogP contribution in [-0.4, -0.2) is 41.4 Å². The summed E-state index contributed by atoms with van der Waals surface area (Å²) in [6.45, 7) is 2.54. The van der Waals surface area contributed by atoms with E-state index in [-0.39, 0.29) is 37.3 Å². The Labute approximate surface area is 163 Å². The van der Waals surface area contributed by atoms with Crippen LogP contribution in [-0.2, 0) is 21.7 Å². The van der Waals surface area contributed by atoms with E-state index in [9.17, 15) is 14.3 Å². The number of carbonyl (C=O) groups excluding carboxylic acids is 1. The van der Waals surface area contributed by atoms with Gasteiger partial charge in [0, 0.05) is 12.8 Å². The molecule has 2 unspecified atom stereocenters. The van der Waals surface area contributed by atoms with Crippen LogP contribution in [0.4, 0.5) is 9.18 Å². The number of aliphatic hydroxyl groups is 1. The summed E-state index contributed by atoms with van der Waals surface area (Å²) in [5.74, 6) is -0.336. The lowest BCUT2D eigenvalue weighted by molar-refractivity contribution is -0.137. The number of piperidine rings is 1. The maximum absolute atomic E-state index is 14.0. The third-order valence-corrected chi connectivity index (χ3v) is 5.68. The molecule has 2 aromatic rings. The number of hydrogen-bond donors (Lipinski definition) is 1. The molecule has 0 aliphatic carbocycles. The Morgan fingerprint density at radius 2 is 1.89 bits per heavy atom. The van der Waals surface area contributed by atoms with Crippen molar-refractivity contribution in [2.24, 2.45) is 0 Å². The van der Waals surface area contributed by atoms with Crippen LogP contribution < -0.4 is 0 Å². The molecule has 0 aromatic heterocycles. The first kappa shape index (κ1) is 18.9. The fourth-order valence-corrected chi connectivity index (χ4v) is 4.19. The first-order valence-electron chi connectivity index (χ1n) is 9.52. The zero-order valence-electron chi connectivity index (χ0n) is 15.8. The summed E-state index contributed by atoms with van der Waals surface area (Å²) in [5, 5.41) is 11.3. The van der Waals surface area contributed by atoms with Crippen molar-refractivity contribution < 1.29 is 23.8 Å². The zero-order valence-corrected chi connectivity index (χ0v) is 15.8. The van der Waals surface area contributed by atoms with Gasteiger partial charge in [-0.15, -0.1) is 0 Å². The predicted molar refractivity (Wildman–Crippen MR) is 101 cm³/mol. The Morgan fingerprint density at radius 3 is 2.54 bits per heavy atom. The van der Waals surface area contributed by atoms with Gasteiger partial charge in [0.2, 0.25) is 0 Å². The van der Waals surface area contributed by atoms with E-state index in [0.29, 0.717) is 24.3 Å². The molecule has 2 bridgehead atoms. The third-order valence-electron chi connectivity index (χ3n) is 5.68. The molecule has 1 amide bonds. The minimum absolute atomic E-state index is 0.198. The number of rotatable bonds is 3. The number of morpholine rings is 1. The predicted octanol–water partition coefficient (Wildman–Crippen LogP) is 3.52. The van der Waals surface area contributed by atoms with Crippen LogP contribution >= 0.6 is 0 Å². The molecule has 148 valence electrons. The average molecular weight is 385 g/mol. The molecule has 0 saturated carbocycles. The minimum atomic E-state index is -1.19. The van der Waals surface area contributed by atoms with Crippen molar-refractivity contribution in [3.63, 3.8) is 0 Å². The van der Waals surface area contributed by atoms with Crippen LogP contribution in [0.3, 0.4) is 0 Å². The van der Waals surface area contributed by atoms with Crippen LogP contribution in [0.2, 0.25) is 0 Å². The highest BCUT2D eigenvalue weighted by Gasteiger charge is 2.49. The van der Waals surface area contributed by atoms with Crippen molar-refractivity contribution in [1.29, 1.82) is 0 Å². The number of benzene rings is 2. The highest BCUT2D eigenvalue weighted by atomic mass is 19.1. The summed E-state index contributed by atoms with van der Waals surface area (Å²) in [5.41, 5.74) is 0.813. The Balaban J connectivity index is 1.50. The molecule has 6 heteroatoms. The molecule has 28 heavy (non-hydrogen) atoms. The van der Waals surface area contributed by atoms with Crippen LogP contribution in [0.15, 0.2) is 48.5 Å². The second-order valence-electron chi connectivity index (χ2n) is 7.70. The van der Waals surface area contributed by atoms with Gasteiger partial charge in [-0.25, -0.2) is 9.18 Å². The van der Waals surface area contributed by atoms with Crippen molar-refractivity contribution >= 4 is 6.09 Å². The van der Waals surface area contributed by atoms with Gasteiger partial charge in [-0.1, -0.05) is 42.5 Å². The Bertz CT molecular complexity index is 843. The van der Waals surface area contributed by atoms with E-state index in [1.807, 2.05) is 30.3 Å². The quantitative estimate of drug-likeness (QED) is 0.878. The topological polar surface area (TPSA) is 59.0 Å². The number of carbonyl (C=O) groups is 1. The van der Waals surface area contributed by atoms with Gasteiger partial charge in [-0.2, -0.15) is 0 Å². The maximum Gasteiger partial charge on any atom is 0.410 e. The van der Waals surface area contributed by atoms with Gasteiger partial charge in [-0.05, 0) is 29.7 Å².